The number of carbonyl (C=O) groups is 1. The number of aromatic nitrogens is 3. The Balaban J connectivity index is 0.000000337. The van der Waals surface area contributed by atoms with Gasteiger partial charge in [-0.15, -0.1) is 0 Å². The predicted octanol–water partition coefficient (Wildman–Crippen LogP) is 5.88. The van der Waals surface area contributed by atoms with E-state index < -0.39 is 12.0 Å². The van der Waals surface area contributed by atoms with Crippen LogP contribution in [-0.2, 0) is 4.79 Å². The SMILES string of the molecule is C=CC(=O)N1CC[C@@H](N(C)c2nc(OC)nc3c(F)c(-c4cc(O)cc(Cl)c4C4CC4)ncc23)[C@H]1C.FC1CC2CCCN2C1. The van der Waals surface area contributed by atoms with Gasteiger partial charge in [0.1, 0.15) is 28.9 Å². The van der Waals surface area contributed by atoms with E-state index in [2.05, 4.69) is 26.4 Å². The molecule has 2 unspecified atom stereocenters. The number of nitrogens with zero attached hydrogens (tertiary/aromatic N) is 6. The Morgan fingerprint density at radius 1 is 1.22 bits per heavy atom. The van der Waals surface area contributed by atoms with E-state index in [0.29, 0.717) is 47.3 Å². The third-order valence-electron chi connectivity index (χ3n) is 9.64. The minimum atomic E-state index is -0.644. The number of aromatic hydroxyl groups is 1. The Morgan fingerprint density at radius 2 is 2.00 bits per heavy atom. The minimum absolute atomic E-state index is 0.0152. The zero-order chi connectivity index (χ0) is 32.0. The van der Waals surface area contributed by atoms with E-state index in [4.69, 9.17) is 16.3 Å². The van der Waals surface area contributed by atoms with Crippen molar-refractivity contribution < 1.29 is 23.4 Å². The van der Waals surface area contributed by atoms with Gasteiger partial charge in [-0.05, 0) is 81.7 Å². The molecule has 0 radical (unpaired) electrons. The number of hydrogen-bond donors (Lipinski definition) is 1. The maximum absolute atomic E-state index is 16.1. The second-order valence-electron chi connectivity index (χ2n) is 12.4. The molecule has 1 aromatic carbocycles. The van der Waals surface area contributed by atoms with E-state index in [9.17, 15) is 14.3 Å². The summed E-state index contributed by atoms with van der Waals surface area (Å²) < 4.78 is 34.0. The average molecular weight is 641 g/mol. The van der Waals surface area contributed by atoms with Crippen LogP contribution in [0.1, 0.15) is 56.9 Å². The Hall–Kier alpha value is -3.57. The number of fused-ring (bicyclic) bond motifs is 2. The molecule has 0 spiro atoms. The summed E-state index contributed by atoms with van der Waals surface area (Å²) in [6.07, 6.45) is 8.27. The fourth-order valence-electron chi connectivity index (χ4n) is 7.21. The molecule has 1 saturated carbocycles. The summed E-state index contributed by atoms with van der Waals surface area (Å²) in [6.45, 7) is 8.00. The van der Waals surface area contributed by atoms with Gasteiger partial charge in [0.2, 0.25) is 5.91 Å². The summed E-state index contributed by atoms with van der Waals surface area (Å²) in [7, 11) is 3.28. The molecule has 2 aromatic heterocycles. The van der Waals surface area contributed by atoms with Crippen LogP contribution in [0.4, 0.5) is 14.6 Å². The molecule has 9 nitrogen and oxygen atoms in total. The minimum Gasteiger partial charge on any atom is -0.508 e. The standard InChI is InChI=1S/C26H27ClFN5O3.C7H12FN/c1-5-20(35)33-9-8-19(13(33)2)32(3)25-17-12-29-23(22(28)24(17)30-26(31-25)36-4)16-10-15(34)11-18(27)21(16)14-6-7-14;8-6-4-7-2-1-3-9(7)5-6/h5,10-14,19,34H,1,6-9H2,2-4H3;6-7H,1-5H2/t13-,19-;/m1./s1. The molecule has 5 heterocycles. The summed E-state index contributed by atoms with van der Waals surface area (Å²) in [5.74, 6) is -0.172. The number of anilines is 1. The number of amides is 1. The summed E-state index contributed by atoms with van der Waals surface area (Å²) in [4.78, 5) is 31.5. The van der Waals surface area contributed by atoms with Crippen molar-refractivity contribution in [1.82, 2.24) is 24.8 Å². The van der Waals surface area contributed by atoms with Gasteiger partial charge in [0.25, 0.3) is 0 Å². The van der Waals surface area contributed by atoms with Crippen molar-refractivity contribution in [2.24, 2.45) is 0 Å². The molecule has 1 aliphatic carbocycles. The predicted molar refractivity (Wildman–Crippen MR) is 170 cm³/mol. The van der Waals surface area contributed by atoms with Crippen molar-refractivity contribution in [1.29, 1.82) is 0 Å². The highest BCUT2D eigenvalue weighted by atomic mass is 35.5. The van der Waals surface area contributed by atoms with E-state index in [-0.39, 0.29) is 46.9 Å². The number of methoxy groups -OCH3 is 1. The molecular formula is C33H39ClF2N6O3. The normalized spacial score (nSPS) is 24.4. The zero-order valence-electron chi connectivity index (χ0n) is 25.8. The van der Waals surface area contributed by atoms with Gasteiger partial charge in [0.15, 0.2) is 5.82 Å². The lowest BCUT2D eigenvalue weighted by molar-refractivity contribution is -0.126. The van der Waals surface area contributed by atoms with E-state index >= 15 is 4.39 Å². The first-order valence-corrected chi connectivity index (χ1v) is 16.0. The van der Waals surface area contributed by atoms with Crippen molar-refractivity contribution in [2.75, 3.05) is 38.7 Å². The molecule has 4 aliphatic rings. The Morgan fingerprint density at radius 3 is 2.69 bits per heavy atom. The molecule has 3 saturated heterocycles. The van der Waals surface area contributed by atoms with Gasteiger partial charge >= 0.3 is 6.01 Å². The molecule has 12 heteroatoms. The zero-order valence-corrected chi connectivity index (χ0v) is 26.6. The molecule has 3 aliphatic heterocycles. The number of phenols is 1. The third-order valence-corrected chi connectivity index (χ3v) is 9.96. The third kappa shape index (κ3) is 6.04. The van der Waals surface area contributed by atoms with Crippen molar-refractivity contribution in [3.63, 3.8) is 0 Å². The van der Waals surface area contributed by atoms with Crippen LogP contribution in [0.25, 0.3) is 22.2 Å². The highest BCUT2D eigenvalue weighted by Gasteiger charge is 2.37. The lowest BCUT2D eigenvalue weighted by Crippen LogP contribution is -2.43. The maximum Gasteiger partial charge on any atom is 0.318 e. The van der Waals surface area contributed by atoms with Crippen LogP contribution >= 0.6 is 11.6 Å². The first kappa shape index (κ1) is 31.4. The molecule has 3 aromatic rings. The summed E-state index contributed by atoms with van der Waals surface area (Å²) in [5, 5.41) is 11.0. The number of hydrogen-bond acceptors (Lipinski definition) is 8. The Bertz CT molecular complexity index is 1610. The molecule has 0 bridgehead atoms. The van der Waals surface area contributed by atoms with Gasteiger partial charge in [0.05, 0.1) is 18.5 Å². The molecular weight excluding hydrogens is 602 g/mol. The number of phenolic OH excluding ortho intramolecular Hbond substituents is 1. The van der Waals surface area contributed by atoms with E-state index in [1.165, 1.54) is 38.2 Å². The molecule has 1 N–H and O–H groups in total. The van der Waals surface area contributed by atoms with Gasteiger partial charge in [0, 0.05) is 49.0 Å². The number of ether oxygens (including phenoxy) is 1. The average Bonchev–Trinajstić information content (AvgIpc) is 3.48. The number of likely N-dealkylation sites (tertiary alicyclic amines) is 1. The summed E-state index contributed by atoms with van der Waals surface area (Å²) >= 11 is 6.44. The van der Waals surface area contributed by atoms with Gasteiger partial charge < -0.3 is 19.6 Å². The van der Waals surface area contributed by atoms with Gasteiger partial charge in [-0.1, -0.05) is 18.2 Å². The van der Waals surface area contributed by atoms with E-state index in [1.807, 2.05) is 18.9 Å². The van der Waals surface area contributed by atoms with Crippen molar-refractivity contribution in [3.05, 3.63) is 47.4 Å². The van der Waals surface area contributed by atoms with Crippen molar-refractivity contribution in [2.45, 2.75) is 75.7 Å². The summed E-state index contributed by atoms with van der Waals surface area (Å²) in [5.41, 5.74) is 1.36. The van der Waals surface area contributed by atoms with Crippen LogP contribution in [0.5, 0.6) is 11.8 Å². The number of rotatable bonds is 6. The second-order valence-corrected chi connectivity index (χ2v) is 12.9. The quantitative estimate of drug-likeness (QED) is 0.334. The van der Waals surface area contributed by atoms with Gasteiger partial charge in [-0.3, -0.25) is 14.7 Å². The topological polar surface area (TPSA) is 94.9 Å². The first-order chi connectivity index (χ1) is 21.6. The number of likely N-dealkylation sites (N-methyl/N-ethyl adjacent to an activating group) is 1. The largest absolute Gasteiger partial charge is 0.508 e. The molecule has 45 heavy (non-hydrogen) atoms. The molecule has 4 atom stereocenters. The fraction of sp³-hybridized carbons (Fsp3) is 0.515. The van der Waals surface area contributed by atoms with E-state index in [0.717, 1.165) is 31.4 Å². The monoisotopic (exact) mass is 640 g/mol. The molecule has 4 fully saturated rings. The number of halogens is 3. The van der Waals surface area contributed by atoms with Gasteiger partial charge in [-0.2, -0.15) is 9.97 Å². The smallest absolute Gasteiger partial charge is 0.318 e. The van der Waals surface area contributed by atoms with E-state index in [1.54, 1.807) is 11.1 Å². The van der Waals surface area contributed by atoms with Gasteiger partial charge in [-0.25, -0.2) is 8.78 Å². The number of alkyl halides is 1. The molecule has 1 amide bonds. The summed E-state index contributed by atoms with van der Waals surface area (Å²) in [6, 6.07) is 3.42. The van der Waals surface area contributed by atoms with Crippen LogP contribution < -0.4 is 9.64 Å². The highest BCUT2D eigenvalue weighted by molar-refractivity contribution is 6.32. The fourth-order valence-corrected chi connectivity index (χ4v) is 7.58. The number of benzene rings is 1. The first-order valence-electron chi connectivity index (χ1n) is 15.6. The van der Waals surface area contributed by atoms with Crippen LogP contribution in [0.15, 0.2) is 31.0 Å². The molecule has 7 rings (SSSR count). The highest BCUT2D eigenvalue weighted by Crippen LogP contribution is 2.49. The molecule has 240 valence electrons. The Kier molecular flexibility index (Phi) is 8.85. The van der Waals surface area contributed by atoms with Crippen LogP contribution in [0.2, 0.25) is 5.02 Å². The Labute approximate surface area is 266 Å². The number of carbonyl (C=O) groups excluding carboxylic acids is 1. The van der Waals surface area contributed by atoms with Crippen LogP contribution in [-0.4, -0.2) is 93.9 Å². The lowest BCUT2D eigenvalue weighted by Gasteiger charge is -2.31. The van der Waals surface area contributed by atoms with Crippen LogP contribution in [0, 0.1) is 5.82 Å². The lowest BCUT2D eigenvalue weighted by atomic mass is 9.98. The maximum atomic E-state index is 16.1. The number of pyridine rings is 1. The van der Waals surface area contributed by atoms with Crippen molar-refractivity contribution in [3.8, 4) is 23.0 Å². The second kappa shape index (κ2) is 12.7. The van der Waals surface area contributed by atoms with Crippen molar-refractivity contribution >= 4 is 34.2 Å². The van der Waals surface area contributed by atoms with Crippen LogP contribution in [0.3, 0.4) is 0 Å².